The Balaban J connectivity index is 2.20. The first kappa shape index (κ1) is 15.2. The standard InChI is InChI=1S/C16H27NO/c1-3-17-16(13-14-18-4-2)12-8-11-15-9-6-5-7-10-15/h5-7,9-10,16-17H,3-4,8,11-14H2,1-2H3. The molecule has 1 rings (SSSR count). The molecule has 0 radical (unpaired) electrons. The molecule has 0 heterocycles. The van der Waals surface area contributed by atoms with Gasteiger partial charge in [0, 0.05) is 19.3 Å². The van der Waals surface area contributed by atoms with Crippen molar-refractivity contribution in [2.24, 2.45) is 0 Å². The van der Waals surface area contributed by atoms with Crippen LogP contribution in [-0.2, 0) is 11.2 Å². The number of hydrogen-bond donors (Lipinski definition) is 1. The van der Waals surface area contributed by atoms with Crippen molar-refractivity contribution in [3.63, 3.8) is 0 Å². The van der Waals surface area contributed by atoms with E-state index >= 15 is 0 Å². The van der Waals surface area contributed by atoms with Crippen molar-refractivity contribution < 1.29 is 4.74 Å². The highest BCUT2D eigenvalue weighted by Crippen LogP contribution is 2.08. The second-order valence-corrected chi connectivity index (χ2v) is 4.62. The number of ether oxygens (including phenoxy) is 1. The third kappa shape index (κ3) is 6.77. The smallest absolute Gasteiger partial charge is 0.0480 e. The summed E-state index contributed by atoms with van der Waals surface area (Å²) in [6.07, 6.45) is 4.78. The van der Waals surface area contributed by atoms with Crippen LogP contribution in [0.1, 0.15) is 38.7 Å². The Morgan fingerprint density at radius 3 is 2.56 bits per heavy atom. The lowest BCUT2D eigenvalue weighted by molar-refractivity contribution is 0.135. The predicted molar refractivity (Wildman–Crippen MR) is 78.0 cm³/mol. The number of rotatable bonds is 10. The fourth-order valence-electron chi connectivity index (χ4n) is 2.20. The minimum absolute atomic E-state index is 0.602. The largest absolute Gasteiger partial charge is 0.382 e. The summed E-state index contributed by atoms with van der Waals surface area (Å²) in [6, 6.07) is 11.3. The second kappa shape index (κ2) is 10.1. The van der Waals surface area contributed by atoms with E-state index in [1.54, 1.807) is 0 Å². The molecule has 0 bridgehead atoms. The Bertz CT molecular complexity index is 286. The van der Waals surface area contributed by atoms with Gasteiger partial charge in [-0.25, -0.2) is 0 Å². The Morgan fingerprint density at radius 2 is 1.89 bits per heavy atom. The van der Waals surface area contributed by atoms with Crippen molar-refractivity contribution >= 4 is 0 Å². The Labute approximate surface area is 112 Å². The summed E-state index contributed by atoms with van der Waals surface area (Å²) in [5, 5.41) is 3.55. The van der Waals surface area contributed by atoms with Gasteiger partial charge < -0.3 is 10.1 Å². The topological polar surface area (TPSA) is 21.3 Å². The van der Waals surface area contributed by atoms with Crippen LogP contribution in [0.15, 0.2) is 30.3 Å². The summed E-state index contributed by atoms with van der Waals surface area (Å²) >= 11 is 0. The first-order valence-corrected chi connectivity index (χ1v) is 7.21. The van der Waals surface area contributed by atoms with Gasteiger partial charge in [-0.2, -0.15) is 0 Å². The van der Waals surface area contributed by atoms with E-state index in [2.05, 4.69) is 49.5 Å². The van der Waals surface area contributed by atoms with Gasteiger partial charge in [-0.05, 0) is 44.7 Å². The summed E-state index contributed by atoms with van der Waals surface area (Å²) < 4.78 is 5.43. The average molecular weight is 249 g/mol. The van der Waals surface area contributed by atoms with E-state index in [9.17, 15) is 0 Å². The molecule has 18 heavy (non-hydrogen) atoms. The zero-order valence-electron chi connectivity index (χ0n) is 11.8. The van der Waals surface area contributed by atoms with E-state index in [4.69, 9.17) is 4.74 Å². The molecule has 1 aromatic carbocycles. The van der Waals surface area contributed by atoms with Crippen molar-refractivity contribution in [2.45, 2.75) is 45.6 Å². The van der Waals surface area contributed by atoms with Gasteiger partial charge in [-0.15, -0.1) is 0 Å². The SMILES string of the molecule is CCNC(CCCc1ccccc1)CCOCC. The third-order valence-electron chi connectivity index (χ3n) is 3.17. The van der Waals surface area contributed by atoms with Crippen molar-refractivity contribution in [2.75, 3.05) is 19.8 Å². The van der Waals surface area contributed by atoms with Crippen LogP contribution < -0.4 is 5.32 Å². The lowest BCUT2D eigenvalue weighted by Gasteiger charge is -2.17. The van der Waals surface area contributed by atoms with Crippen molar-refractivity contribution in [1.82, 2.24) is 5.32 Å². The van der Waals surface area contributed by atoms with Crippen molar-refractivity contribution in [3.8, 4) is 0 Å². The average Bonchev–Trinajstić information content (AvgIpc) is 2.40. The fraction of sp³-hybridized carbons (Fsp3) is 0.625. The second-order valence-electron chi connectivity index (χ2n) is 4.62. The molecule has 1 atom stereocenters. The van der Waals surface area contributed by atoms with Crippen molar-refractivity contribution in [1.29, 1.82) is 0 Å². The van der Waals surface area contributed by atoms with Crippen LogP contribution in [0, 0.1) is 0 Å². The van der Waals surface area contributed by atoms with Crippen molar-refractivity contribution in [3.05, 3.63) is 35.9 Å². The van der Waals surface area contributed by atoms with Crippen LogP contribution in [0.2, 0.25) is 0 Å². The molecule has 2 nitrogen and oxygen atoms in total. The van der Waals surface area contributed by atoms with Gasteiger partial charge in [-0.3, -0.25) is 0 Å². The highest BCUT2D eigenvalue weighted by Gasteiger charge is 2.06. The Hall–Kier alpha value is -0.860. The minimum Gasteiger partial charge on any atom is -0.382 e. The summed E-state index contributed by atoms with van der Waals surface area (Å²) in [7, 11) is 0. The molecule has 0 saturated heterocycles. The Morgan fingerprint density at radius 1 is 1.11 bits per heavy atom. The summed E-state index contributed by atoms with van der Waals surface area (Å²) in [4.78, 5) is 0. The maximum atomic E-state index is 5.43. The normalized spacial score (nSPS) is 12.6. The number of nitrogens with one attached hydrogen (secondary N) is 1. The first-order valence-electron chi connectivity index (χ1n) is 7.21. The van der Waals surface area contributed by atoms with Gasteiger partial charge in [0.2, 0.25) is 0 Å². The molecule has 1 unspecified atom stereocenters. The van der Waals surface area contributed by atoms with E-state index in [1.165, 1.54) is 24.8 Å². The van der Waals surface area contributed by atoms with E-state index in [0.717, 1.165) is 26.2 Å². The molecule has 0 aliphatic carbocycles. The zero-order chi connectivity index (χ0) is 13.1. The van der Waals surface area contributed by atoms with Crippen LogP contribution in [0.25, 0.3) is 0 Å². The predicted octanol–water partition coefficient (Wildman–Crippen LogP) is 3.41. The first-order chi connectivity index (χ1) is 8.86. The van der Waals surface area contributed by atoms with Crippen LogP contribution in [0.3, 0.4) is 0 Å². The molecule has 0 saturated carbocycles. The fourth-order valence-corrected chi connectivity index (χ4v) is 2.20. The molecule has 2 heteroatoms. The molecular formula is C16H27NO. The van der Waals surface area contributed by atoms with Gasteiger partial charge >= 0.3 is 0 Å². The lowest BCUT2D eigenvalue weighted by Crippen LogP contribution is -2.30. The highest BCUT2D eigenvalue weighted by molar-refractivity contribution is 5.14. The molecule has 0 amide bonds. The maximum Gasteiger partial charge on any atom is 0.0480 e. The molecular weight excluding hydrogens is 222 g/mol. The molecule has 0 aliphatic rings. The molecule has 0 fully saturated rings. The maximum absolute atomic E-state index is 5.43. The summed E-state index contributed by atoms with van der Waals surface area (Å²) in [6.45, 7) is 6.97. The Kier molecular flexibility index (Phi) is 8.53. The van der Waals surface area contributed by atoms with E-state index in [1.807, 2.05) is 0 Å². The number of benzene rings is 1. The van der Waals surface area contributed by atoms with E-state index in [-0.39, 0.29) is 0 Å². The van der Waals surface area contributed by atoms with E-state index in [0.29, 0.717) is 6.04 Å². The summed E-state index contributed by atoms with van der Waals surface area (Å²) in [5.41, 5.74) is 1.44. The van der Waals surface area contributed by atoms with Crippen LogP contribution in [0.4, 0.5) is 0 Å². The molecule has 0 aromatic heterocycles. The van der Waals surface area contributed by atoms with Gasteiger partial charge in [0.1, 0.15) is 0 Å². The summed E-state index contributed by atoms with van der Waals surface area (Å²) in [5.74, 6) is 0. The van der Waals surface area contributed by atoms with Gasteiger partial charge in [0.05, 0.1) is 0 Å². The number of aryl methyl sites for hydroxylation is 1. The lowest BCUT2D eigenvalue weighted by atomic mass is 10.0. The van der Waals surface area contributed by atoms with Crippen LogP contribution in [-0.4, -0.2) is 25.8 Å². The van der Waals surface area contributed by atoms with Crippen LogP contribution in [0.5, 0.6) is 0 Å². The monoisotopic (exact) mass is 249 g/mol. The number of hydrogen-bond acceptors (Lipinski definition) is 2. The molecule has 0 aliphatic heterocycles. The minimum atomic E-state index is 0.602. The van der Waals surface area contributed by atoms with Gasteiger partial charge in [-0.1, -0.05) is 37.3 Å². The molecule has 102 valence electrons. The van der Waals surface area contributed by atoms with Gasteiger partial charge in [0.25, 0.3) is 0 Å². The van der Waals surface area contributed by atoms with E-state index < -0.39 is 0 Å². The molecule has 1 aromatic rings. The highest BCUT2D eigenvalue weighted by atomic mass is 16.5. The van der Waals surface area contributed by atoms with Crippen LogP contribution >= 0.6 is 0 Å². The molecule has 1 N–H and O–H groups in total. The molecule has 0 spiro atoms. The quantitative estimate of drug-likeness (QED) is 0.642. The third-order valence-corrected chi connectivity index (χ3v) is 3.17. The zero-order valence-corrected chi connectivity index (χ0v) is 11.8. The van der Waals surface area contributed by atoms with Gasteiger partial charge in [0.15, 0.2) is 0 Å².